The Bertz CT molecular complexity index is 518. The molecule has 0 radical (unpaired) electrons. The summed E-state index contributed by atoms with van der Waals surface area (Å²) in [5, 5.41) is 0. The number of halogens is 1. The summed E-state index contributed by atoms with van der Waals surface area (Å²) in [5.74, 6) is 0.287. The van der Waals surface area contributed by atoms with Crippen molar-refractivity contribution in [3.63, 3.8) is 0 Å². The van der Waals surface area contributed by atoms with Gasteiger partial charge in [0.25, 0.3) is 0 Å². The normalized spacial score (nSPS) is 11.8. The molecule has 1 heterocycles. The van der Waals surface area contributed by atoms with Crippen LogP contribution in [0.25, 0.3) is 11.4 Å². The summed E-state index contributed by atoms with van der Waals surface area (Å²) in [6, 6.07) is 4.41. The van der Waals surface area contributed by atoms with Crippen molar-refractivity contribution in [2.45, 2.75) is 26.2 Å². The van der Waals surface area contributed by atoms with Crippen LogP contribution in [-0.2, 0) is 5.41 Å². The fourth-order valence-electron chi connectivity index (χ4n) is 1.60. The van der Waals surface area contributed by atoms with Crippen LogP contribution in [0.1, 0.15) is 26.5 Å². The highest BCUT2D eigenvalue weighted by molar-refractivity contribution is 5.61. The van der Waals surface area contributed by atoms with Gasteiger partial charge in [0, 0.05) is 28.6 Å². The van der Waals surface area contributed by atoms with Crippen LogP contribution < -0.4 is 5.73 Å². The topological polar surface area (TPSA) is 54.7 Å². The van der Waals surface area contributed by atoms with Gasteiger partial charge in [0.05, 0.1) is 0 Å². The molecule has 0 aliphatic carbocycles. The summed E-state index contributed by atoms with van der Waals surface area (Å²) < 4.78 is 13.2. The van der Waals surface area contributed by atoms with Crippen LogP contribution in [0, 0.1) is 5.82 Å². The number of nitrogens with one attached hydrogen (secondary N) is 1. The summed E-state index contributed by atoms with van der Waals surface area (Å²) >= 11 is 0. The lowest BCUT2D eigenvalue weighted by Crippen LogP contribution is -2.11. The van der Waals surface area contributed by atoms with Gasteiger partial charge in [-0.1, -0.05) is 20.8 Å². The minimum absolute atomic E-state index is 0.00980. The maximum atomic E-state index is 13.2. The van der Waals surface area contributed by atoms with E-state index in [1.54, 1.807) is 12.3 Å². The number of nitrogens with zero attached hydrogens (tertiary/aromatic N) is 1. The van der Waals surface area contributed by atoms with Crippen molar-refractivity contribution in [2.75, 3.05) is 5.73 Å². The van der Waals surface area contributed by atoms with E-state index in [9.17, 15) is 4.39 Å². The molecule has 17 heavy (non-hydrogen) atoms. The molecule has 0 aliphatic heterocycles. The van der Waals surface area contributed by atoms with Gasteiger partial charge in [-0.05, 0) is 18.2 Å². The van der Waals surface area contributed by atoms with Crippen molar-refractivity contribution in [1.82, 2.24) is 9.97 Å². The van der Waals surface area contributed by atoms with E-state index in [1.807, 2.05) is 0 Å². The van der Waals surface area contributed by atoms with Crippen LogP contribution >= 0.6 is 0 Å². The fourth-order valence-corrected chi connectivity index (χ4v) is 1.60. The molecule has 2 rings (SSSR count). The molecule has 0 amide bonds. The first-order valence-corrected chi connectivity index (χ1v) is 5.48. The lowest BCUT2D eigenvalue weighted by molar-refractivity contribution is 0.573. The predicted octanol–water partition coefficient (Wildman–Crippen LogP) is 3.10. The third kappa shape index (κ3) is 2.46. The number of aromatic amines is 1. The Balaban J connectivity index is 2.44. The molecule has 1 aromatic carbocycles. The second-order valence-electron chi connectivity index (χ2n) is 5.17. The van der Waals surface area contributed by atoms with E-state index in [1.165, 1.54) is 12.1 Å². The Labute approximate surface area is 99.9 Å². The molecule has 0 atom stereocenters. The molecule has 2 aromatic rings. The van der Waals surface area contributed by atoms with Crippen LogP contribution in [0.4, 0.5) is 10.1 Å². The molecular weight excluding hydrogens is 217 g/mol. The van der Waals surface area contributed by atoms with Gasteiger partial charge in [0.2, 0.25) is 0 Å². The Morgan fingerprint density at radius 1 is 1.24 bits per heavy atom. The summed E-state index contributed by atoms with van der Waals surface area (Å²) in [5.41, 5.74) is 7.67. The molecule has 0 fully saturated rings. The molecule has 3 N–H and O–H groups in total. The average molecular weight is 233 g/mol. The van der Waals surface area contributed by atoms with Crippen LogP contribution in [0.3, 0.4) is 0 Å². The van der Waals surface area contributed by atoms with Crippen molar-refractivity contribution in [3.05, 3.63) is 35.9 Å². The third-order valence-electron chi connectivity index (χ3n) is 2.58. The number of hydrogen-bond acceptors (Lipinski definition) is 2. The Morgan fingerprint density at radius 2 is 1.94 bits per heavy atom. The quantitative estimate of drug-likeness (QED) is 0.744. The van der Waals surface area contributed by atoms with Crippen LogP contribution in [0.5, 0.6) is 0 Å². The molecule has 4 heteroatoms. The molecular formula is C13H16FN3. The van der Waals surface area contributed by atoms with Crippen molar-refractivity contribution in [2.24, 2.45) is 0 Å². The lowest BCUT2D eigenvalue weighted by Gasteiger charge is -2.15. The summed E-state index contributed by atoms with van der Waals surface area (Å²) in [4.78, 5) is 7.45. The third-order valence-corrected chi connectivity index (χ3v) is 2.58. The highest BCUT2D eigenvalue weighted by atomic mass is 19.1. The molecule has 3 nitrogen and oxygen atoms in total. The predicted molar refractivity (Wildman–Crippen MR) is 67.1 cm³/mol. The van der Waals surface area contributed by atoms with Crippen LogP contribution in [-0.4, -0.2) is 9.97 Å². The van der Waals surface area contributed by atoms with Gasteiger partial charge in [-0.25, -0.2) is 9.37 Å². The number of imidazole rings is 1. The number of aromatic nitrogens is 2. The van der Waals surface area contributed by atoms with E-state index in [0.717, 1.165) is 5.69 Å². The maximum absolute atomic E-state index is 13.2. The first kappa shape index (κ1) is 11.6. The van der Waals surface area contributed by atoms with E-state index >= 15 is 0 Å². The van der Waals surface area contributed by atoms with Gasteiger partial charge >= 0.3 is 0 Å². The summed E-state index contributed by atoms with van der Waals surface area (Å²) in [6.07, 6.45) is 1.77. The van der Waals surface area contributed by atoms with Gasteiger partial charge in [-0.15, -0.1) is 0 Å². The minimum atomic E-state index is -0.353. The van der Waals surface area contributed by atoms with Crippen molar-refractivity contribution in [3.8, 4) is 11.4 Å². The second kappa shape index (κ2) is 3.87. The molecule has 0 aliphatic rings. The average Bonchev–Trinajstić information content (AvgIpc) is 2.63. The lowest BCUT2D eigenvalue weighted by atomic mass is 9.93. The van der Waals surface area contributed by atoms with E-state index < -0.39 is 0 Å². The van der Waals surface area contributed by atoms with Crippen LogP contribution in [0.15, 0.2) is 24.4 Å². The fraction of sp³-hybridized carbons (Fsp3) is 0.308. The number of nitrogen functional groups attached to an aromatic ring is 1. The zero-order chi connectivity index (χ0) is 12.6. The van der Waals surface area contributed by atoms with Gasteiger partial charge < -0.3 is 10.7 Å². The first-order chi connectivity index (χ1) is 7.86. The van der Waals surface area contributed by atoms with Crippen LogP contribution in [0.2, 0.25) is 0 Å². The Kier molecular flexibility index (Phi) is 2.65. The summed E-state index contributed by atoms with van der Waals surface area (Å²) in [6.45, 7) is 6.26. The minimum Gasteiger partial charge on any atom is -0.399 e. The summed E-state index contributed by atoms with van der Waals surface area (Å²) in [7, 11) is 0. The molecule has 1 aromatic heterocycles. The zero-order valence-electron chi connectivity index (χ0n) is 10.2. The SMILES string of the molecule is CC(C)(C)c1cnc(-c2cc(N)cc(F)c2)[nH]1. The van der Waals surface area contributed by atoms with Gasteiger partial charge in [-0.2, -0.15) is 0 Å². The van der Waals surface area contributed by atoms with E-state index in [2.05, 4.69) is 30.7 Å². The Hall–Kier alpha value is -1.84. The van der Waals surface area contributed by atoms with Gasteiger partial charge in [0.15, 0.2) is 0 Å². The highest BCUT2D eigenvalue weighted by Crippen LogP contribution is 2.25. The highest BCUT2D eigenvalue weighted by Gasteiger charge is 2.17. The standard InChI is InChI=1S/C13H16FN3/c1-13(2,3)11-7-16-12(17-11)8-4-9(14)6-10(15)5-8/h4-7H,15H2,1-3H3,(H,16,17). The number of hydrogen-bond donors (Lipinski definition) is 2. The van der Waals surface area contributed by atoms with E-state index in [0.29, 0.717) is 17.1 Å². The van der Waals surface area contributed by atoms with E-state index in [4.69, 9.17) is 5.73 Å². The molecule has 0 unspecified atom stereocenters. The number of rotatable bonds is 1. The van der Waals surface area contributed by atoms with E-state index in [-0.39, 0.29) is 11.2 Å². The van der Waals surface area contributed by atoms with Crippen molar-refractivity contribution >= 4 is 5.69 Å². The molecule has 0 saturated heterocycles. The number of H-pyrrole nitrogens is 1. The smallest absolute Gasteiger partial charge is 0.137 e. The molecule has 0 bridgehead atoms. The monoisotopic (exact) mass is 233 g/mol. The van der Waals surface area contributed by atoms with Gasteiger partial charge in [0.1, 0.15) is 11.6 Å². The van der Waals surface area contributed by atoms with Crippen molar-refractivity contribution in [1.29, 1.82) is 0 Å². The second-order valence-corrected chi connectivity index (χ2v) is 5.17. The maximum Gasteiger partial charge on any atom is 0.137 e. The number of nitrogens with two attached hydrogens (primary N) is 1. The molecule has 0 spiro atoms. The number of anilines is 1. The largest absolute Gasteiger partial charge is 0.399 e. The van der Waals surface area contributed by atoms with Gasteiger partial charge in [-0.3, -0.25) is 0 Å². The molecule has 0 saturated carbocycles. The first-order valence-electron chi connectivity index (χ1n) is 5.48. The zero-order valence-corrected chi connectivity index (χ0v) is 10.2. The van der Waals surface area contributed by atoms with Crippen molar-refractivity contribution < 1.29 is 4.39 Å². The number of benzene rings is 1. The molecule has 90 valence electrons. The Morgan fingerprint density at radius 3 is 2.47 bits per heavy atom.